The first kappa shape index (κ1) is 18.9. The largest absolute Gasteiger partial charge is 0.493 e. The minimum atomic E-state index is -0.981. The van der Waals surface area contributed by atoms with Crippen LogP contribution >= 0.6 is 11.8 Å². The monoisotopic (exact) mass is 365 g/mol. The Morgan fingerprint density at radius 3 is 2.60 bits per heavy atom. The van der Waals surface area contributed by atoms with E-state index in [1.54, 1.807) is 31.2 Å². The fourth-order valence-electron chi connectivity index (χ4n) is 2.35. The lowest BCUT2D eigenvalue weighted by Gasteiger charge is -2.19. The topological polar surface area (TPSA) is 82.1 Å². The molecule has 1 saturated heterocycles. The van der Waals surface area contributed by atoms with Crippen LogP contribution in [-0.2, 0) is 14.3 Å². The van der Waals surface area contributed by atoms with E-state index in [0.717, 1.165) is 16.7 Å². The summed E-state index contributed by atoms with van der Waals surface area (Å²) in [5, 5.41) is -0.515. The van der Waals surface area contributed by atoms with Gasteiger partial charge in [0.2, 0.25) is 0 Å². The van der Waals surface area contributed by atoms with Gasteiger partial charge in [-0.05, 0) is 37.8 Å². The number of carbonyl (C=O) groups is 3. The van der Waals surface area contributed by atoms with Gasteiger partial charge in [-0.3, -0.25) is 14.5 Å². The highest BCUT2D eigenvalue weighted by atomic mass is 32.2. The molecule has 0 spiro atoms. The molecule has 1 aliphatic rings. The first-order valence-electron chi connectivity index (χ1n) is 7.59. The lowest BCUT2D eigenvalue weighted by molar-refractivity contribution is -0.150. The molecule has 1 aromatic carbocycles. The van der Waals surface area contributed by atoms with Gasteiger partial charge in [-0.15, -0.1) is 0 Å². The number of rotatable bonds is 6. The van der Waals surface area contributed by atoms with Crippen LogP contribution in [0.2, 0.25) is 0 Å². The van der Waals surface area contributed by atoms with Gasteiger partial charge in [0.15, 0.2) is 11.5 Å². The normalized spacial score (nSPS) is 17.0. The van der Waals surface area contributed by atoms with Crippen molar-refractivity contribution in [2.24, 2.45) is 0 Å². The molecule has 0 radical (unpaired) electrons. The van der Waals surface area contributed by atoms with Crippen LogP contribution in [0.5, 0.6) is 11.5 Å². The third-order valence-electron chi connectivity index (χ3n) is 3.56. The molecule has 8 heteroatoms. The zero-order valence-electron chi connectivity index (χ0n) is 14.4. The highest BCUT2D eigenvalue weighted by Crippen LogP contribution is 2.37. The molecule has 0 unspecified atom stereocenters. The Labute approximate surface area is 149 Å². The van der Waals surface area contributed by atoms with E-state index < -0.39 is 23.2 Å². The average Bonchev–Trinajstić information content (AvgIpc) is 2.87. The van der Waals surface area contributed by atoms with Gasteiger partial charge in [0.25, 0.3) is 11.1 Å². The van der Waals surface area contributed by atoms with E-state index in [1.165, 1.54) is 21.1 Å². The lowest BCUT2D eigenvalue weighted by atomic mass is 10.1. The molecule has 7 nitrogen and oxygen atoms in total. The second-order valence-corrected chi connectivity index (χ2v) is 6.06. The Kier molecular flexibility index (Phi) is 6.08. The SMILES string of the molecule is CCOC(=O)[C@H](C)N1C(=O)S/C(=C/c2cccc(OC)c2OC)C1=O. The maximum atomic E-state index is 12.6. The molecule has 2 amide bonds. The maximum Gasteiger partial charge on any atom is 0.329 e. The molecule has 1 aromatic rings. The Morgan fingerprint density at radius 2 is 2.00 bits per heavy atom. The van der Waals surface area contributed by atoms with E-state index in [-0.39, 0.29) is 11.5 Å². The van der Waals surface area contributed by atoms with Crippen molar-refractivity contribution in [2.75, 3.05) is 20.8 Å². The van der Waals surface area contributed by atoms with Crippen LogP contribution in [0.15, 0.2) is 23.1 Å². The zero-order valence-corrected chi connectivity index (χ0v) is 15.2. The van der Waals surface area contributed by atoms with Gasteiger partial charge in [0.1, 0.15) is 6.04 Å². The molecular formula is C17H19NO6S. The molecule has 1 aliphatic heterocycles. The fourth-order valence-corrected chi connectivity index (χ4v) is 3.25. The fraction of sp³-hybridized carbons (Fsp3) is 0.353. The highest BCUT2D eigenvalue weighted by Gasteiger charge is 2.41. The predicted molar refractivity (Wildman–Crippen MR) is 93.5 cm³/mol. The van der Waals surface area contributed by atoms with Crippen molar-refractivity contribution in [1.82, 2.24) is 4.90 Å². The number of hydrogen-bond acceptors (Lipinski definition) is 7. The number of para-hydroxylation sites is 1. The lowest BCUT2D eigenvalue weighted by Crippen LogP contribution is -2.42. The zero-order chi connectivity index (χ0) is 18.6. The summed E-state index contributed by atoms with van der Waals surface area (Å²) in [4.78, 5) is 37.7. The summed E-state index contributed by atoms with van der Waals surface area (Å²) in [7, 11) is 3.00. The molecule has 134 valence electrons. The number of esters is 1. The minimum absolute atomic E-state index is 0.177. The van der Waals surface area contributed by atoms with E-state index in [2.05, 4.69) is 0 Å². The second-order valence-electron chi connectivity index (χ2n) is 5.06. The molecular weight excluding hydrogens is 346 g/mol. The first-order valence-corrected chi connectivity index (χ1v) is 8.40. The molecule has 0 saturated carbocycles. The summed E-state index contributed by atoms with van der Waals surface area (Å²) in [6.07, 6.45) is 1.55. The molecule has 25 heavy (non-hydrogen) atoms. The molecule has 0 aliphatic carbocycles. The van der Waals surface area contributed by atoms with Gasteiger partial charge in [-0.25, -0.2) is 4.79 Å². The number of ether oxygens (including phenoxy) is 3. The van der Waals surface area contributed by atoms with Gasteiger partial charge < -0.3 is 14.2 Å². The Bertz CT molecular complexity index is 730. The van der Waals surface area contributed by atoms with Crippen LogP contribution in [0.3, 0.4) is 0 Å². The molecule has 0 aromatic heterocycles. The molecule has 1 heterocycles. The van der Waals surface area contributed by atoms with E-state index in [4.69, 9.17) is 14.2 Å². The standard InChI is InChI=1S/C17H19NO6S/c1-5-24-16(20)10(2)18-15(19)13(25-17(18)21)9-11-7-6-8-12(22-3)14(11)23-4/h6-10H,5H2,1-4H3/b13-9+/t10-/m0/s1. The molecule has 2 rings (SSSR count). The van der Waals surface area contributed by atoms with Crippen molar-refractivity contribution in [1.29, 1.82) is 0 Å². The summed E-state index contributed by atoms with van der Waals surface area (Å²) in [5.41, 5.74) is 0.594. The van der Waals surface area contributed by atoms with Crippen molar-refractivity contribution < 1.29 is 28.6 Å². The quantitative estimate of drug-likeness (QED) is 0.566. The van der Waals surface area contributed by atoms with Gasteiger partial charge in [0.05, 0.1) is 25.7 Å². The third-order valence-corrected chi connectivity index (χ3v) is 4.44. The minimum Gasteiger partial charge on any atom is -0.493 e. The summed E-state index contributed by atoms with van der Waals surface area (Å²) in [5.74, 6) is -0.198. The van der Waals surface area contributed by atoms with Crippen LogP contribution in [0.1, 0.15) is 19.4 Å². The number of carbonyl (C=O) groups excluding carboxylic acids is 3. The maximum absolute atomic E-state index is 12.6. The smallest absolute Gasteiger partial charge is 0.329 e. The Balaban J connectivity index is 2.34. The van der Waals surface area contributed by atoms with Gasteiger partial charge in [0, 0.05) is 5.56 Å². The van der Waals surface area contributed by atoms with Crippen molar-refractivity contribution in [3.63, 3.8) is 0 Å². The van der Waals surface area contributed by atoms with Crippen molar-refractivity contribution in [3.8, 4) is 11.5 Å². The van der Waals surface area contributed by atoms with E-state index in [0.29, 0.717) is 17.1 Å². The van der Waals surface area contributed by atoms with Crippen molar-refractivity contribution in [3.05, 3.63) is 28.7 Å². The Hall–Kier alpha value is -2.48. The van der Waals surface area contributed by atoms with Crippen molar-refractivity contribution in [2.45, 2.75) is 19.9 Å². The molecule has 0 N–H and O–H groups in total. The first-order chi connectivity index (χ1) is 11.9. The summed E-state index contributed by atoms with van der Waals surface area (Å²) >= 11 is 0.767. The Morgan fingerprint density at radius 1 is 1.28 bits per heavy atom. The average molecular weight is 365 g/mol. The van der Waals surface area contributed by atoms with Crippen LogP contribution in [0, 0.1) is 0 Å². The number of methoxy groups -OCH3 is 2. The summed E-state index contributed by atoms with van der Waals surface area (Å²) in [6.45, 7) is 3.30. The number of benzene rings is 1. The van der Waals surface area contributed by atoms with Crippen LogP contribution in [-0.4, -0.2) is 48.9 Å². The van der Waals surface area contributed by atoms with Gasteiger partial charge >= 0.3 is 5.97 Å². The molecule has 1 atom stereocenters. The molecule has 1 fully saturated rings. The summed E-state index contributed by atoms with van der Waals surface area (Å²) < 4.78 is 15.4. The van der Waals surface area contributed by atoms with Crippen LogP contribution in [0.4, 0.5) is 4.79 Å². The predicted octanol–water partition coefficient (Wildman–Crippen LogP) is 2.69. The summed E-state index contributed by atoms with van der Waals surface area (Å²) in [6, 6.07) is 4.23. The number of imide groups is 1. The number of amides is 2. The van der Waals surface area contributed by atoms with Crippen molar-refractivity contribution >= 4 is 35.0 Å². The van der Waals surface area contributed by atoms with Gasteiger partial charge in [-0.2, -0.15) is 0 Å². The van der Waals surface area contributed by atoms with E-state index in [1.807, 2.05) is 0 Å². The van der Waals surface area contributed by atoms with Crippen LogP contribution in [0.25, 0.3) is 6.08 Å². The number of thioether (sulfide) groups is 1. The van der Waals surface area contributed by atoms with E-state index >= 15 is 0 Å². The van der Waals surface area contributed by atoms with Gasteiger partial charge in [-0.1, -0.05) is 12.1 Å². The van der Waals surface area contributed by atoms with Crippen LogP contribution < -0.4 is 9.47 Å². The number of nitrogens with zero attached hydrogens (tertiary/aromatic N) is 1. The highest BCUT2D eigenvalue weighted by molar-refractivity contribution is 8.18. The molecule has 0 bridgehead atoms. The number of hydrogen-bond donors (Lipinski definition) is 0. The van der Waals surface area contributed by atoms with E-state index in [9.17, 15) is 14.4 Å². The third kappa shape index (κ3) is 3.79. The second kappa shape index (κ2) is 8.06.